The van der Waals surface area contributed by atoms with Crippen LogP contribution in [0.1, 0.15) is 22.8 Å². The second-order valence-electron chi connectivity index (χ2n) is 4.44. The highest BCUT2D eigenvalue weighted by Gasteiger charge is 2.12. The summed E-state index contributed by atoms with van der Waals surface area (Å²) in [5.41, 5.74) is 3.69. The smallest absolute Gasteiger partial charge is 0.0921 e. The Bertz CT molecular complexity index is 525. The summed E-state index contributed by atoms with van der Waals surface area (Å²) in [6.07, 6.45) is 0.137. The van der Waals surface area contributed by atoms with Gasteiger partial charge in [0.25, 0.3) is 0 Å². The van der Waals surface area contributed by atoms with Gasteiger partial charge in [0.05, 0.1) is 12.7 Å². The number of benzene rings is 2. The number of hydrogen-bond donors (Lipinski definition) is 0. The van der Waals surface area contributed by atoms with E-state index >= 15 is 0 Å². The molecule has 2 aromatic rings. The lowest BCUT2D eigenvalue weighted by Gasteiger charge is -2.18. The van der Waals surface area contributed by atoms with E-state index in [1.54, 1.807) is 0 Å². The van der Waals surface area contributed by atoms with Crippen LogP contribution in [-0.2, 0) is 11.3 Å². The standard InChI is InChI=1S/C16H16ClIO/c1-12-4-2-3-5-15(12)16(10-18)19-11-13-6-8-14(17)9-7-13/h2-9,16H,10-11H2,1H3. The molecule has 1 atom stereocenters. The van der Waals surface area contributed by atoms with Crippen molar-refractivity contribution in [3.63, 3.8) is 0 Å². The minimum atomic E-state index is 0.137. The molecule has 0 aromatic heterocycles. The Morgan fingerprint density at radius 1 is 1.11 bits per heavy atom. The van der Waals surface area contributed by atoms with E-state index < -0.39 is 0 Å². The van der Waals surface area contributed by atoms with E-state index in [1.807, 2.05) is 24.3 Å². The van der Waals surface area contributed by atoms with Crippen LogP contribution < -0.4 is 0 Å². The summed E-state index contributed by atoms with van der Waals surface area (Å²) in [5, 5.41) is 0.757. The first-order valence-corrected chi connectivity index (χ1v) is 8.08. The van der Waals surface area contributed by atoms with Crippen molar-refractivity contribution in [2.24, 2.45) is 0 Å². The van der Waals surface area contributed by atoms with E-state index in [1.165, 1.54) is 11.1 Å². The van der Waals surface area contributed by atoms with Gasteiger partial charge in [0.2, 0.25) is 0 Å². The maximum absolute atomic E-state index is 6.03. The molecule has 3 heteroatoms. The van der Waals surface area contributed by atoms with Gasteiger partial charge in [-0.2, -0.15) is 0 Å². The van der Waals surface area contributed by atoms with Crippen LogP contribution in [-0.4, -0.2) is 4.43 Å². The van der Waals surface area contributed by atoms with Gasteiger partial charge in [-0.3, -0.25) is 0 Å². The maximum atomic E-state index is 6.03. The first kappa shape index (κ1) is 14.8. The highest BCUT2D eigenvalue weighted by molar-refractivity contribution is 14.1. The van der Waals surface area contributed by atoms with Crippen molar-refractivity contribution in [1.82, 2.24) is 0 Å². The Morgan fingerprint density at radius 3 is 2.42 bits per heavy atom. The highest BCUT2D eigenvalue weighted by Crippen LogP contribution is 2.24. The van der Waals surface area contributed by atoms with Crippen LogP contribution >= 0.6 is 34.2 Å². The fourth-order valence-electron chi connectivity index (χ4n) is 1.94. The van der Waals surface area contributed by atoms with Crippen LogP contribution in [0, 0.1) is 6.92 Å². The van der Waals surface area contributed by atoms with Crippen LogP contribution in [0.3, 0.4) is 0 Å². The summed E-state index contributed by atoms with van der Waals surface area (Å²) in [4.78, 5) is 0. The second-order valence-corrected chi connectivity index (χ2v) is 5.75. The van der Waals surface area contributed by atoms with Gasteiger partial charge < -0.3 is 4.74 Å². The van der Waals surface area contributed by atoms with Crippen molar-refractivity contribution in [3.05, 3.63) is 70.2 Å². The number of rotatable bonds is 5. The van der Waals surface area contributed by atoms with Crippen molar-refractivity contribution in [2.45, 2.75) is 19.6 Å². The van der Waals surface area contributed by atoms with E-state index in [-0.39, 0.29) is 6.10 Å². The third-order valence-corrected chi connectivity index (χ3v) is 4.09. The zero-order chi connectivity index (χ0) is 13.7. The zero-order valence-electron chi connectivity index (χ0n) is 10.8. The van der Waals surface area contributed by atoms with Gasteiger partial charge in [0, 0.05) is 9.45 Å². The van der Waals surface area contributed by atoms with Gasteiger partial charge in [-0.25, -0.2) is 0 Å². The van der Waals surface area contributed by atoms with Crippen LogP contribution in [0.4, 0.5) is 0 Å². The number of ether oxygens (including phenoxy) is 1. The zero-order valence-corrected chi connectivity index (χ0v) is 13.7. The first-order valence-electron chi connectivity index (χ1n) is 6.18. The van der Waals surface area contributed by atoms with Gasteiger partial charge >= 0.3 is 0 Å². The SMILES string of the molecule is Cc1ccccc1C(CI)OCc1ccc(Cl)cc1. The van der Waals surface area contributed by atoms with Crippen LogP contribution in [0.25, 0.3) is 0 Å². The number of alkyl halides is 1. The monoisotopic (exact) mass is 386 g/mol. The number of aryl methyl sites for hydroxylation is 1. The second kappa shape index (κ2) is 7.27. The molecule has 0 N–H and O–H groups in total. The molecular formula is C16H16ClIO. The molecule has 1 unspecified atom stereocenters. The molecule has 1 nitrogen and oxygen atoms in total. The molecule has 0 amide bonds. The van der Waals surface area contributed by atoms with Crippen LogP contribution in [0.5, 0.6) is 0 Å². The molecule has 100 valence electrons. The topological polar surface area (TPSA) is 9.23 Å². The molecule has 0 spiro atoms. The fraction of sp³-hybridized carbons (Fsp3) is 0.250. The molecule has 0 aliphatic rings. The third kappa shape index (κ3) is 4.20. The van der Waals surface area contributed by atoms with E-state index in [0.717, 1.165) is 15.0 Å². The maximum Gasteiger partial charge on any atom is 0.0921 e. The summed E-state index contributed by atoms with van der Waals surface area (Å²) in [6.45, 7) is 2.74. The molecule has 2 aromatic carbocycles. The van der Waals surface area contributed by atoms with Crippen molar-refractivity contribution in [1.29, 1.82) is 0 Å². The van der Waals surface area contributed by atoms with Crippen molar-refractivity contribution < 1.29 is 4.74 Å². The average Bonchev–Trinajstić information content (AvgIpc) is 2.43. The van der Waals surface area contributed by atoms with Gasteiger partial charge in [0.1, 0.15) is 0 Å². The van der Waals surface area contributed by atoms with Crippen LogP contribution in [0.2, 0.25) is 5.02 Å². The van der Waals surface area contributed by atoms with Gasteiger partial charge in [-0.05, 0) is 35.7 Å². The molecule has 0 aliphatic heterocycles. The van der Waals surface area contributed by atoms with E-state index in [4.69, 9.17) is 16.3 Å². The lowest BCUT2D eigenvalue weighted by molar-refractivity contribution is 0.0573. The summed E-state index contributed by atoms with van der Waals surface area (Å²) in [6, 6.07) is 16.2. The molecule has 0 heterocycles. The van der Waals surface area contributed by atoms with E-state index in [2.05, 4.69) is 53.8 Å². The molecule has 19 heavy (non-hydrogen) atoms. The first-order chi connectivity index (χ1) is 9.20. The summed E-state index contributed by atoms with van der Waals surface area (Å²) >= 11 is 8.25. The molecular weight excluding hydrogens is 371 g/mol. The molecule has 2 rings (SSSR count). The van der Waals surface area contributed by atoms with Crippen molar-refractivity contribution in [2.75, 3.05) is 4.43 Å². The Hall–Kier alpha value is -0.580. The van der Waals surface area contributed by atoms with Gasteiger partial charge in [-0.15, -0.1) is 0 Å². The third-order valence-electron chi connectivity index (χ3n) is 3.04. The molecule has 0 radical (unpaired) electrons. The normalized spacial score (nSPS) is 12.4. The predicted molar refractivity (Wildman–Crippen MR) is 89.0 cm³/mol. The Morgan fingerprint density at radius 2 is 1.79 bits per heavy atom. The van der Waals surface area contributed by atoms with Gasteiger partial charge in [0.15, 0.2) is 0 Å². The Kier molecular flexibility index (Phi) is 5.67. The largest absolute Gasteiger partial charge is 0.368 e. The summed E-state index contributed by atoms with van der Waals surface area (Å²) in [5.74, 6) is 0. The fourth-order valence-corrected chi connectivity index (χ4v) is 2.80. The Labute approximate surface area is 133 Å². The van der Waals surface area contributed by atoms with E-state index in [9.17, 15) is 0 Å². The quantitative estimate of drug-likeness (QED) is 0.498. The molecule has 0 fully saturated rings. The van der Waals surface area contributed by atoms with Crippen molar-refractivity contribution in [3.8, 4) is 0 Å². The predicted octanol–water partition coefficient (Wildman–Crippen LogP) is 5.34. The highest BCUT2D eigenvalue weighted by atomic mass is 127. The molecule has 0 saturated heterocycles. The van der Waals surface area contributed by atoms with Crippen LogP contribution in [0.15, 0.2) is 48.5 Å². The summed E-state index contributed by atoms with van der Waals surface area (Å²) in [7, 11) is 0. The molecule has 0 aliphatic carbocycles. The Balaban J connectivity index is 2.04. The minimum Gasteiger partial charge on any atom is -0.368 e. The lowest BCUT2D eigenvalue weighted by Crippen LogP contribution is -2.07. The number of halogens is 2. The van der Waals surface area contributed by atoms with Gasteiger partial charge in [-0.1, -0.05) is 70.6 Å². The minimum absolute atomic E-state index is 0.137. The average molecular weight is 387 g/mol. The summed E-state index contributed by atoms with van der Waals surface area (Å²) < 4.78 is 6.97. The number of hydrogen-bond acceptors (Lipinski definition) is 1. The molecule has 0 bridgehead atoms. The van der Waals surface area contributed by atoms with E-state index in [0.29, 0.717) is 6.61 Å². The lowest BCUT2D eigenvalue weighted by atomic mass is 10.0. The molecule has 0 saturated carbocycles. The van der Waals surface area contributed by atoms with Crippen molar-refractivity contribution >= 4 is 34.2 Å².